The summed E-state index contributed by atoms with van der Waals surface area (Å²) in [7, 11) is 0. The zero-order valence-electron chi connectivity index (χ0n) is 21.6. The minimum atomic E-state index is -0.657. The van der Waals surface area contributed by atoms with Crippen LogP contribution in [0.15, 0.2) is 24.3 Å². The Morgan fingerprint density at radius 1 is 0.625 bits per heavy atom. The average molecular weight is 455 g/mol. The molecule has 0 aliphatic carbocycles. The predicted molar refractivity (Wildman–Crippen MR) is 139 cm³/mol. The van der Waals surface area contributed by atoms with Gasteiger partial charge in [0.05, 0.1) is 0 Å². The fraction of sp³-hybridized carbons (Fsp3) is 0.786. The molecule has 0 rings (SSSR count). The van der Waals surface area contributed by atoms with Crippen molar-refractivity contribution in [1.29, 1.82) is 0 Å². The van der Waals surface area contributed by atoms with Crippen LogP contribution in [0.1, 0.15) is 143 Å². The van der Waals surface area contributed by atoms with Gasteiger partial charge in [-0.25, -0.2) is 0 Å². The molecule has 190 valence electrons. The lowest BCUT2D eigenvalue weighted by Crippen LogP contribution is -1.93. The van der Waals surface area contributed by atoms with E-state index in [-0.39, 0.29) is 6.47 Å². The Hall–Kier alpha value is -1.58. The van der Waals surface area contributed by atoms with Crippen LogP contribution in [0.25, 0.3) is 0 Å². The van der Waals surface area contributed by atoms with E-state index >= 15 is 0 Å². The molecule has 0 aromatic carbocycles. The summed E-state index contributed by atoms with van der Waals surface area (Å²) in [6, 6.07) is 0. The quantitative estimate of drug-likeness (QED) is 0.109. The number of hydrogen-bond acceptors (Lipinski definition) is 2. The van der Waals surface area contributed by atoms with Crippen molar-refractivity contribution in [1.82, 2.24) is 0 Å². The molecule has 32 heavy (non-hydrogen) atoms. The molecule has 0 fully saturated rings. The first-order valence-corrected chi connectivity index (χ1v) is 12.9. The van der Waals surface area contributed by atoms with E-state index in [1.165, 1.54) is 114 Å². The monoisotopic (exact) mass is 454 g/mol. The van der Waals surface area contributed by atoms with Crippen molar-refractivity contribution in [2.75, 3.05) is 0 Å². The molecule has 0 aromatic heterocycles. The molecular formula is C28H54O4. The Kier molecular flexibility index (Phi) is 34.6. The van der Waals surface area contributed by atoms with Gasteiger partial charge >= 0.3 is 5.97 Å². The van der Waals surface area contributed by atoms with E-state index in [4.69, 9.17) is 15.0 Å². The van der Waals surface area contributed by atoms with Gasteiger partial charge in [0.1, 0.15) is 0 Å². The van der Waals surface area contributed by atoms with Crippen LogP contribution < -0.4 is 0 Å². The minimum absolute atomic E-state index is 0.250. The number of carboxylic acid groups (broad SMARTS) is 2. The SMILES string of the molecule is C=C(C)CCCC.C=C(C)CCCCCCCCCCCCCCCCC(=O)O.O=CO. The molecule has 0 aromatic rings. The molecule has 0 saturated heterocycles. The molecular weight excluding hydrogens is 400 g/mol. The number of carboxylic acids is 1. The summed E-state index contributed by atoms with van der Waals surface area (Å²) in [6.45, 7) is 13.9. The van der Waals surface area contributed by atoms with Crippen LogP contribution in [0, 0.1) is 0 Å². The minimum Gasteiger partial charge on any atom is -0.483 e. The van der Waals surface area contributed by atoms with Gasteiger partial charge in [0.25, 0.3) is 6.47 Å². The maximum atomic E-state index is 10.4. The molecule has 0 heterocycles. The lowest BCUT2D eigenvalue weighted by Gasteiger charge is -2.03. The lowest BCUT2D eigenvalue weighted by molar-refractivity contribution is -0.137. The molecule has 0 atom stereocenters. The van der Waals surface area contributed by atoms with Gasteiger partial charge in [0.15, 0.2) is 0 Å². The van der Waals surface area contributed by atoms with E-state index < -0.39 is 5.97 Å². The number of hydrogen-bond donors (Lipinski definition) is 2. The highest BCUT2D eigenvalue weighted by Gasteiger charge is 1.97. The molecule has 0 aliphatic heterocycles. The van der Waals surface area contributed by atoms with E-state index in [9.17, 15) is 4.79 Å². The highest BCUT2D eigenvalue weighted by Crippen LogP contribution is 2.14. The average Bonchev–Trinajstić information content (AvgIpc) is 2.72. The summed E-state index contributed by atoms with van der Waals surface area (Å²) in [5, 5.41) is 15.4. The van der Waals surface area contributed by atoms with Crippen LogP contribution in [-0.2, 0) is 9.59 Å². The highest BCUT2D eigenvalue weighted by molar-refractivity contribution is 5.66. The zero-order valence-corrected chi connectivity index (χ0v) is 21.6. The van der Waals surface area contributed by atoms with Crippen LogP contribution >= 0.6 is 0 Å². The topological polar surface area (TPSA) is 74.6 Å². The van der Waals surface area contributed by atoms with Crippen molar-refractivity contribution in [3.63, 3.8) is 0 Å². The van der Waals surface area contributed by atoms with Gasteiger partial charge in [-0.1, -0.05) is 102 Å². The van der Waals surface area contributed by atoms with Gasteiger partial charge in [-0.3, -0.25) is 9.59 Å². The maximum absolute atomic E-state index is 10.4. The number of allylic oxidation sites excluding steroid dienone is 2. The van der Waals surface area contributed by atoms with Gasteiger partial charge in [-0.05, 0) is 46.0 Å². The first-order chi connectivity index (χ1) is 15.3. The van der Waals surface area contributed by atoms with Gasteiger partial charge in [0.2, 0.25) is 0 Å². The first kappa shape index (κ1) is 35.0. The molecule has 0 spiro atoms. The maximum Gasteiger partial charge on any atom is 0.303 e. The molecule has 4 heteroatoms. The van der Waals surface area contributed by atoms with Crippen molar-refractivity contribution in [2.45, 2.75) is 143 Å². The van der Waals surface area contributed by atoms with Crippen molar-refractivity contribution < 1.29 is 19.8 Å². The summed E-state index contributed by atoms with van der Waals surface area (Å²) < 4.78 is 0. The first-order valence-electron chi connectivity index (χ1n) is 12.9. The van der Waals surface area contributed by atoms with E-state index in [1.54, 1.807) is 0 Å². The molecule has 0 unspecified atom stereocenters. The Bertz CT molecular complexity index is 401. The van der Waals surface area contributed by atoms with Gasteiger partial charge in [-0.15, -0.1) is 13.2 Å². The van der Waals surface area contributed by atoms with Gasteiger partial charge in [0, 0.05) is 6.42 Å². The largest absolute Gasteiger partial charge is 0.483 e. The summed E-state index contributed by atoms with van der Waals surface area (Å²) in [5.41, 5.74) is 2.63. The van der Waals surface area contributed by atoms with Crippen LogP contribution in [0.4, 0.5) is 0 Å². The summed E-state index contributed by atoms with van der Waals surface area (Å²) in [4.78, 5) is 18.7. The number of rotatable bonds is 20. The Labute approximate surface area is 199 Å². The smallest absolute Gasteiger partial charge is 0.303 e. The highest BCUT2D eigenvalue weighted by atomic mass is 16.4. The molecule has 0 bridgehead atoms. The second-order valence-corrected chi connectivity index (χ2v) is 8.97. The summed E-state index contributed by atoms with van der Waals surface area (Å²) >= 11 is 0. The standard InChI is InChI=1S/C20H38O2.C7H14.CH2O2/c1-19(2)17-15-13-11-9-7-5-3-4-6-8-10-12-14-16-18-20(21)22;1-4-5-6-7(2)3;2-1-3/h1,3-18H2,2H3,(H,21,22);2,4-6H2,1,3H3;1H,(H,2,3). The predicted octanol–water partition coefficient (Wildman–Crippen LogP) is 9.34. The molecule has 2 N–H and O–H groups in total. The second kappa shape index (κ2) is 31.6. The van der Waals surface area contributed by atoms with E-state index in [0.29, 0.717) is 6.42 Å². The molecule has 4 nitrogen and oxygen atoms in total. The van der Waals surface area contributed by atoms with Gasteiger partial charge in [-0.2, -0.15) is 0 Å². The lowest BCUT2D eigenvalue weighted by atomic mass is 10.0. The fourth-order valence-electron chi connectivity index (χ4n) is 3.30. The van der Waals surface area contributed by atoms with E-state index in [0.717, 1.165) is 12.8 Å². The Morgan fingerprint density at radius 2 is 0.875 bits per heavy atom. The normalized spacial score (nSPS) is 9.72. The zero-order chi connectivity index (χ0) is 24.9. The fourth-order valence-corrected chi connectivity index (χ4v) is 3.30. The third-order valence-electron chi connectivity index (χ3n) is 5.20. The van der Waals surface area contributed by atoms with Crippen LogP contribution in [0.5, 0.6) is 0 Å². The summed E-state index contributed by atoms with van der Waals surface area (Å²) in [5.74, 6) is -0.657. The number of unbranched alkanes of at least 4 members (excludes halogenated alkanes) is 14. The van der Waals surface area contributed by atoms with E-state index in [2.05, 4.69) is 33.9 Å². The Morgan fingerprint density at radius 3 is 1.09 bits per heavy atom. The van der Waals surface area contributed by atoms with Gasteiger partial charge < -0.3 is 10.2 Å². The van der Waals surface area contributed by atoms with Crippen LogP contribution in [-0.4, -0.2) is 22.7 Å². The molecule has 0 saturated carbocycles. The van der Waals surface area contributed by atoms with Crippen LogP contribution in [0.3, 0.4) is 0 Å². The molecule has 0 amide bonds. The third-order valence-corrected chi connectivity index (χ3v) is 5.20. The van der Waals surface area contributed by atoms with E-state index in [1.807, 2.05) is 0 Å². The number of aliphatic carboxylic acids is 1. The second-order valence-electron chi connectivity index (χ2n) is 8.97. The molecule has 0 radical (unpaired) electrons. The van der Waals surface area contributed by atoms with Crippen molar-refractivity contribution in [2.24, 2.45) is 0 Å². The van der Waals surface area contributed by atoms with Crippen molar-refractivity contribution in [3.8, 4) is 0 Å². The number of carbonyl (C=O) groups is 2. The Balaban J connectivity index is -0.000000699. The van der Waals surface area contributed by atoms with Crippen molar-refractivity contribution >= 4 is 12.4 Å². The third kappa shape index (κ3) is 46.6. The summed E-state index contributed by atoms with van der Waals surface area (Å²) in [6.07, 6.45) is 23.5. The van der Waals surface area contributed by atoms with Crippen molar-refractivity contribution in [3.05, 3.63) is 24.3 Å². The molecule has 0 aliphatic rings. The van der Waals surface area contributed by atoms with Crippen LogP contribution in [0.2, 0.25) is 0 Å².